The Kier molecular flexibility index (Phi) is 15.0. The Bertz CT molecular complexity index is 1960. The number of aromatic carboxylic acids is 1. The molecule has 55 heavy (non-hydrogen) atoms. The van der Waals surface area contributed by atoms with E-state index >= 15 is 0 Å². The summed E-state index contributed by atoms with van der Waals surface area (Å²) in [6, 6.07) is 28.5. The molecule has 0 aliphatic heterocycles. The molecule has 11 heteroatoms. The highest BCUT2D eigenvalue weighted by Gasteiger charge is 2.31. The van der Waals surface area contributed by atoms with Crippen molar-refractivity contribution in [2.75, 3.05) is 6.54 Å². The summed E-state index contributed by atoms with van der Waals surface area (Å²) in [6.07, 6.45) is 0.717. The zero-order valence-electron chi connectivity index (χ0n) is 31.9. The van der Waals surface area contributed by atoms with Crippen LogP contribution in [0.5, 0.6) is 0 Å². The van der Waals surface area contributed by atoms with E-state index in [2.05, 4.69) is 21.3 Å². The van der Waals surface area contributed by atoms with Gasteiger partial charge in [0.2, 0.25) is 23.6 Å². The van der Waals surface area contributed by atoms with E-state index in [1.54, 1.807) is 32.9 Å². The fourth-order valence-electron chi connectivity index (χ4n) is 6.15. The molecule has 0 radical (unpaired) electrons. The van der Waals surface area contributed by atoms with Crippen LogP contribution < -0.4 is 21.3 Å². The monoisotopic (exact) mass is 746 g/mol. The molecule has 4 aromatic carbocycles. The first-order valence-electron chi connectivity index (χ1n) is 18.4. The van der Waals surface area contributed by atoms with Crippen LogP contribution in [0.2, 0.25) is 0 Å². The molecule has 0 aromatic heterocycles. The molecule has 0 saturated carbocycles. The standard InChI is InChI=1S/C44H50N4O7/c1-27(2)40(43(53)47-37(30(5)49)24-32-14-18-35(19-15-32)34-12-7-6-8-13-34)48-42(52)38(25-33-11-9-10-28(3)22-33)46-39(50)26-45-41(51)29(4)23-31-16-20-36(21-17-31)44(54)55/h6-22,27,29,37-38,40H,23-26H2,1-5H3,(H,45,51)(H,46,50)(H,47,53)(H,48,52)(H,54,55)/t29-,37-,38-,40-/m0/s1. The molecule has 5 N–H and O–H groups in total. The Hall–Kier alpha value is -6.10. The van der Waals surface area contributed by atoms with Crippen molar-refractivity contribution in [1.82, 2.24) is 21.3 Å². The summed E-state index contributed by atoms with van der Waals surface area (Å²) in [5.41, 5.74) is 5.62. The molecule has 288 valence electrons. The molecule has 11 nitrogen and oxygen atoms in total. The number of benzene rings is 4. The van der Waals surface area contributed by atoms with Crippen LogP contribution >= 0.6 is 0 Å². The summed E-state index contributed by atoms with van der Waals surface area (Å²) in [5, 5.41) is 20.1. The van der Waals surface area contributed by atoms with Crippen LogP contribution in [0, 0.1) is 18.8 Å². The van der Waals surface area contributed by atoms with E-state index in [0.29, 0.717) is 6.42 Å². The fourth-order valence-corrected chi connectivity index (χ4v) is 6.15. The first-order chi connectivity index (χ1) is 26.2. The Balaban J connectivity index is 1.40. The van der Waals surface area contributed by atoms with Gasteiger partial charge in [0.15, 0.2) is 5.78 Å². The van der Waals surface area contributed by atoms with E-state index in [1.807, 2.05) is 85.8 Å². The molecule has 4 aromatic rings. The molecule has 0 aliphatic rings. The van der Waals surface area contributed by atoms with Crippen LogP contribution in [-0.2, 0) is 43.2 Å². The highest BCUT2D eigenvalue weighted by Crippen LogP contribution is 2.20. The minimum atomic E-state index is -1.09. The third-order valence-electron chi connectivity index (χ3n) is 9.34. The van der Waals surface area contributed by atoms with Crippen LogP contribution in [0.25, 0.3) is 11.1 Å². The summed E-state index contributed by atoms with van der Waals surface area (Å²) in [6.45, 7) is 8.19. The van der Waals surface area contributed by atoms with E-state index in [-0.39, 0.29) is 42.6 Å². The SMILES string of the molecule is CC(=O)[C@H](Cc1ccc(-c2ccccc2)cc1)NC(=O)[C@@H](NC(=O)[C@H](Cc1cccc(C)c1)NC(=O)CNC(=O)[C@@H](C)Cc1ccc(C(=O)O)cc1)C(C)C. The third-order valence-corrected chi connectivity index (χ3v) is 9.34. The highest BCUT2D eigenvalue weighted by atomic mass is 16.4. The van der Waals surface area contributed by atoms with Crippen molar-refractivity contribution < 1.29 is 33.9 Å². The molecule has 0 heterocycles. The van der Waals surface area contributed by atoms with Crippen LogP contribution in [0.15, 0.2) is 103 Å². The average Bonchev–Trinajstić information content (AvgIpc) is 3.16. The van der Waals surface area contributed by atoms with Gasteiger partial charge in [-0.3, -0.25) is 24.0 Å². The van der Waals surface area contributed by atoms with Crippen LogP contribution in [-0.4, -0.2) is 65.2 Å². The number of nitrogens with one attached hydrogen (secondary N) is 4. The maximum atomic E-state index is 13.9. The normalized spacial score (nSPS) is 13.1. The smallest absolute Gasteiger partial charge is 0.335 e. The number of carbonyl (C=O) groups is 6. The van der Waals surface area contributed by atoms with E-state index < -0.39 is 47.7 Å². The second kappa shape index (κ2) is 19.8. The molecule has 4 rings (SSSR count). The van der Waals surface area contributed by atoms with Gasteiger partial charge in [-0.05, 0) is 72.6 Å². The molecule has 4 amide bonds. The Morgan fingerprint density at radius 1 is 0.600 bits per heavy atom. The minimum absolute atomic E-state index is 0.122. The van der Waals surface area contributed by atoms with Crippen LogP contribution in [0.4, 0.5) is 0 Å². The molecule has 0 unspecified atom stereocenters. The number of carboxylic acids is 1. The van der Waals surface area contributed by atoms with Crippen molar-refractivity contribution in [3.05, 3.63) is 131 Å². The Labute approximate surface area is 322 Å². The molecule has 0 saturated heterocycles. The maximum Gasteiger partial charge on any atom is 0.335 e. The third kappa shape index (κ3) is 12.8. The first-order valence-corrected chi connectivity index (χ1v) is 18.4. The van der Waals surface area contributed by atoms with Crippen molar-refractivity contribution in [1.29, 1.82) is 0 Å². The number of hydrogen-bond acceptors (Lipinski definition) is 6. The maximum absolute atomic E-state index is 13.9. The summed E-state index contributed by atoms with van der Waals surface area (Å²) < 4.78 is 0. The lowest BCUT2D eigenvalue weighted by Gasteiger charge is -2.27. The highest BCUT2D eigenvalue weighted by molar-refractivity contribution is 5.95. The predicted molar refractivity (Wildman–Crippen MR) is 211 cm³/mol. The largest absolute Gasteiger partial charge is 0.478 e. The number of rotatable bonds is 18. The van der Waals surface area contributed by atoms with Gasteiger partial charge >= 0.3 is 5.97 Å². The van der Waals surface area contributed by atoms with Gasteiger partial charge in [-0.25, -0.2) is 4.79 Å². The first kappa shape index (κ1) is 41.7. The quantitative estimate of drug-likeness (QED) is 0.0970. The topological polar surface area (TPSA) is 171 Å². The van der Waals surface area contributed by atoms with Crippen molar-refractivity contribution in [2.45, 2.75) is 72.0 Å². The predicted octanol–water partition coefficient (Wildman–Crippen LogP) is 4.84. The van der Waals surface area contributed by atoms with Gasteiger partial charge in [0.05, 0.1) is 18.2 Å². The molecular formula is C44H50N4O7. The van der Waals surface area contributed by atoms with Crippen LogP contribution in [0.1, 0.15) is 60.3 Å². The zero-order chi connectivity index (χ0) is 40.1. The average molecular weight is 747 g/mol. The summed E-state index contributed by atoms with van der Waals surface area (Å²) in [7, 11) is 0. The van der Waals surface area contributed by atoms with Gasteiger partial charge in [-0.2, -0.15) is 0 Å². The number of ketones is 1. The van der Waals surface area contributed by atoms with Crippen molar-refractivity contribution in [2.24, 2.45) is 11.8 Å². The van der Waals surface area contributed by atoms with Crippen LogP contribution in [0.3, 0.4) is 0 Å². The fraction of sp³-hybridized carbons (Fsp3) is 0.318. The van der Waals surface area contributed by atoms with Gasteiger partial charge in [0.25, 0.3) is 0 Å². The Morgan fingerprint density at radius 2 is 1.20 bits per heavy atom. The lowest BCUT2D eigenvalue weighted by Crippen LogP contribution is -2.58. The van der Waals surface area contributed by atoms with Gasteiger partial charge in [-0.15, -0.1) is 0 Å². The van der Waals surface area contributed by atoms with Gasteiger partial charge < -0.3 is 26.4 Å². The number of carbonyl (C=O) groups excluding carboxylic acids is 5. The number of amides is 4. The Morgan fingerprint density at radius 3 is 1.80 bits per heavy atom. The molecule has 0 spiro atoms. The molecule has 0 fully saturated rings. The van der Waals surface area contributed by atoms with Gasteiger partial charge in [0.1, 0.15) is 12.1 Å². The molecule has 0 bridgehead atoms. The second-order valence-corrected chi connectivity index (χ2v) is 14.3. The van der Waals surface area contributed by atoms with E-state index in [1.165, 1.54) is 19.1 Å². The number of carboxylic acid groups (broad SMARTS) is 1. The van der Waals surface area contributed by atoms with E-state index in [0.717, 1.165) is 33.4 Å². The number of hydrogen-bond donors (Lipinski definition) is 5. The summed E-state index contributed by atoms with van der Waals surface area (Å²) in [4.78, 5) is 77.5. The lowest BCUT2D eigenvalue weighted by molar-refractivity contribution is -0.134. The molecule has 4 atom stereocenters. The summed E-state index contributed by atoms with van der Waals surface area (Å²) in [5.74, 6) is -4.26. The van der Waals surface area contributed by atoms with E-state index in [9.17, 15) is 28.8 Å². The molecule has 0 aliphatic carbocycles. The zero-order valence-corrected chi connectivity index (χ0v) is 31.9. The minimum Gasteiger partial charge on any atom is -0.478 e. The van der Waals surface area contributed by atoms with E-state index in [4.69, 9.17) is 5.11 Å². The van der Waals surface area contributed by atoms with Crippen molar-refractivity contribution in [3.63, 3.8) is 0 Å². The lowest BCUT2D eigenvalue weighted by atomic mass is 9.97. The van der Waals surface area contributed by atoms with Gasteiger partial charge in [0, 0.05) is 12.3 Å². The molecular weight excluding hydrogens is 697 g/mol. The van der Waals surface area contributed by atoms with Crippen molar-refractivity contribution >= 4 is 35.4 Å². The van der Waals surface area contributed by atoms with Crippen molar-refractivity contribution in [3.8, 4) is 11.1 Å². The van der Waals surface area contributed by atoms with Gasteiger partial charge in [-0.1, -0.05) is 117 Å². The summed E-state index contributed by atoms with van der Waals surface area (Å²) >= 11 is 0. The second-order valence-electron chi connectivity index (χ2n) is 14.3. The number of aryl methyl sites for hydroxylation is 1. The number of Topliss-reactive ketones (excluding diaryl/α,β-unsaturated/α-hetero) is 1.